The zero-order valence-electron chi connectivity index (χ0n) is 30.4. The second-order valence-corrected chi connectivity index (χ2v) is 13.6. The first kappa shape index (κ1) is 41.1. The van der Waals surface area contributed by atoms with Crippen LogP contribution in [-0.4, -0.2) is 85.9 Å². The van der Waals surface area contributed by atoms with Crippen LogP contribution >= 0.6 is 0 Å². The Labute approximate surface area is 300 Å². The molecule has 16 nitrogen and oxygen atoms in total. The summed E-state index contributed by atoms with van der Waals surface area (Å²) in [5, 5.41) is 40.9. The van der Waals surface area contributed by atoms with Crippen LogP contribution in [0, 0.1) is 11.8 Å². The van der Waals surface area contributed by atoms with E-state index in [0.717, 1.165) is 70.0 Å². The van der Waals surface area contributed by atoms with Gasteiger partial charge in [0.15, 0.2) is 0 Å². The number of aliphatic carboxylic acids is 1. The Balaban J connectivity index is 1.12. The highest BCUT2D eigenvalue weighted by molar-refractivity contribution is 5.84. The molecule has 0 saturated heterocycles. The van der Waals surface area contributed by atoms with Crippen molar-refractivity contribution >= 4 is 23.4 Å². The quantitative estimate of drug-likeness (QED) is 0.0615. The van der Waals surface area contributed by atoms with Crippen molar-refractivity contribution in [3.63, 3.8) is 0 Å². The van der Waals surface area contributed by atoms with Gasteiger partial charge < -0.3 is 15.0 Å². The van der Waals surface area contributed by atoms with Crippen LogP contribution in [0.4, 0.5) is 0 Å². The second kappa shape index (κ2) is 23.9. The number of carbonyl (C=O) groups is 4. The number of tetrazole rings is 2. The molecule has 3 rings (SSSR count). The van der Waals surface area contributed by atoms with E-state index in [1.807, 2.05) is 11.5 Å². The summed E-state index contributed by atoms with van der Waals surface area (Å²) in [5.74, 6) is -1.03. The van der Waals surface area contributed by atoms with E-state index in [1.54, 1.807) is 13.3 Å². The van der Waals surface area contributed by atoms with Crippen LogP contribution in [0.25, 0.3) is 23.0 Å². The summed E-state index contributed by atoms with van der Waals surface area (Å²) in [4.78, 5) is 52.0. The summed E-state index contributed by atoms with van der Waals surface area (Å²) in [6.45, 7) is 4.79. The van der Waals surface area contributed by atoms with Gasteiger partial charge in [-0.25, -0.2) is 4.98 Å². The zero-order chi connectivity index (χ0) is 36.7. The summed E-state index contributed by atoms with van der Waals surface area (Å²) in [5.41, 5.74) is 1.29. The Hall–Kier alpha value is -4.37. The van der Waals surface area contributed by atoms with E-state index in [-0.39, 0.29) is 42.7 Å². The van der Waals surface area contributed by atoms with E-state index in [9.17, 15) is 24.3 Å². The van der Waals surface area contributed by atoms with Crippen LogP contribution in [0.5, 0.6) is 0 Å². The molecule has 1 unspecified atom stereocenters. The first-order chi connectivity index (χ1) is 24.8. The maximum atomic E-state index is 12.4. The van der Waals surface area contributed by atoms with Crippen molar-refractivity contribution in [3.8, 4) is 23.0 Å². The van der Waals surface area contributed by atoms with Crippen molar-refractivity contribution in [3.05, 3.63) is 6.33 Å². The van der Waals surface area contributed by atoms with Crippen LogP contribution in [0.15, 0.2) is 6.33 Å². The standard InChI is InChI=1S/C35H57N11O5/c1-26(27(2)47)18-15-16-22-36-30(49)21-20-28(35(50)51)24-29(48)19-14-12-10-8-6-4-3-5-7-9-11-13-17-23-46-25-37-31(33-38-42-43-39-33)32(46)34-40-44-45-41-34/h25-26,28H,3-24H2,1-2H3,(H,36,49)(H,50,51)(H,38,39,42,43)(H,40,41,44,45)/t26-,28?/m0/s1. The third-order valence-electron chi connectivity index (χ3n) is 9.43. The molecule has 0 fully saturated rings. The molecule has 51 heavy (non-hydrogen) atoms. The van der Waals surface area contributed by atoms with Gasteiger partial charge in [-0.1, -0.05) is 84.0 Å². The molecule has 2 atom stereocenters. The summed E-state index contributed by atoms with van der Waals surface area (Å²) >= 11 is 0. The van der Waals surface area contributed by atoms with Crippen molar-refractivity contribution in [2.75, 3.05) is 6.54 Å². The number of imidazole rings is 1. The van der Waals surface area contributed by atoms with Gasteiger partial charge in [-0.2, -0.15) is 10.4 Å². The van der Waals surface area contributed by atoms with Gasteiger partial charge in [0.2, 0.25) is 17.6 Å². The number of nitrogens with zero attached hydrogens (tertiary/aromatic N) is 8. The van der Waals surface area contributed by atoms with Crippen molar-refractivity contribution < 1.29 is 24.3 Å². The summed E-state index contributed by atoms with van der Waals surface area (Å²) in [7, 11) is 0. The molecule has 0 aliphatic rings. The Morgan fingerprint density at radius 1 is 0.765 bits per heavy atom. The Morgan fingerprint density at radius 2 is 1.35 bits per heavy atom. The number of nitrogens with one attached hydrogen (secondary N) is 3. The van der Waals surface area contributed by atoms with Crippen molar-refractivity contribution in [1.82, 2.24) is 56.1 Å². The van der Waals surface area contributed by atoms with E-state index in [2.05, 4.69) is 51.5 Å². The Morgan fingerprint density at radius 3 is 1.92 bits per heavy atom. The molecule has 4 N–H and O–H groups in total. The number of unbranched alkanes of at least 4 members (excludes halogenated alkanes) is 13. The van der Waals surface area contributed by atoms with E-state index in [0.29, 0.717) is 30.3 Å². The number of Topliss-reactive ketones (excluding diaryl/α,β-unsaturated/α-hetero) is 2. The highest BCUT2D eigenvalue weighted by Gasteiger charge is 2.23. The topological polar surface area (TPSA) is 227 Å². The number of H-pyrrole nitrogens is 2. The number of aryl methyl sites for hydroxylation is 1. The van der Waals surface area contributed by atoms with Crippen molar-refractivity contribution in [2.45, 2.75) is 149 Å². The van der Waals surface area contributed by atoms with E-state index in [1.165, 1.54) is 44.9 Å². The van der Waals surface area contributed by atoms with Gasteiger partial charge in [0.05, 0.1) is 12.2 Å². The van der Waals surface area contributed by atoms with E-state index < -0.39 is 11.9 Å². The highest BCUT2D eigenvalue weighted by Crippen LogP contribution is 2.26. The molecule has 3 aromatic rings. The van der Waals surface area contributed by atoms with Crippen LogP contribution < -0.4 is 5.32 Å². The van der Waals surface area contributed by atoms with E-state index >= 15 is 0 Å². The van der Waals surface area contributed by atoms with Crippen LogP contribution in [-0.2, 0) is 25.7 Å². The molecule has 3 aromatic heterocycles. The lowest BCUT2D eigenvalue weighted by Crippen LogP contribution is -2.26. The molecule has 0 aromatic carbocycles. The largest absolute Gasteiger partial charge is 0.481 e. The van der Waals surface area contributed by atoms with E-state index in [4.69, 9.17) is 0 Å². The fourth-order valence-corrected chi connectivity index (χ4v) is 6.11. The number of aromatic nitrogens is 10. The summed E-state index contributed by atoms with van der Waals surface area (Å²) < 4.78 is 2.01. The van der Waals surface area contributed by atoms with Gasteiger partial charge in [-0.05, 0) is 49.5 Å². The number of hydrogen-bond acceptors (Lipinski definition) is 11. The lowest BCUT2D eigenvalue weighted by Gasteiger charge is -2.12. The highest BCUT2D eigenvalue weighted by atomic mass is 16.4. The van der Waals surface area contributed by atoms with Crippen molar-refractivity contribution in [2.24, 2.45) is 11.8 Å². The zero-order valence-corrected chi connectivity index (χ0v) is 30.4. The maximum absolute atomic E-state index is 12.4. The molecule has 0 spiro atoms. The normalized spacial score (nSPS) is 12.5. The summed E-state index contributed by atoms with van der Waals surface area (Å²) in [6, 6.07) is 0. The number of amides is 1. The monoisotopic (exact) mass is 711 g/mol. The number of carboxylic acids is 1. The molecule has 282 valence electrons. The number of hydrogen-bond donors (Lipinski definition) is 4. The molecular weight excluding hydrogens is 654 g/mol. The number of ketones is 2. The van der Waals surface area contributed by atoms with Gasteiger partial charge in [-0.15, -0.1) is 20.4 Å². The molecule has 0 aliphatic heterocycles. The van der Waals surface area contributed by atoms with Crippen LogP contribution in [0.2, 0.25) is 0 Å². The third-order valence-corrected chi connectivity index (χ3v) is 9.43. The second-order valence-electron chi connectivity index (χ2n) is 13.6. The molecule has 3 heterocycles. The molecule has 0 aliphatic carbocycles. The molecular formula is C35H57N11O5. The SMILES string of the molecule is CC(=O)[C@@H](C)CCCCNC(=O)CCC(CC(=O)CCCCCCCCCCCCCCCn1cnc(-c2nn[nH]n2)c1-c1nn[nH]n1)C(=O)O. The van der Waals surface area contributed by atoms with Gasteiger partial charge in [0, 0.05) is 38.3 Å². The first-order valence-corrected chi connectivity index (χ1v) is 18.8. The van der Waals surface area contributed by atoms with Gasteiger partial charge >= 0.3 is 5.97 Å². The lowest BCUT2D eigenvalue weighted by molar-refractivity contribution is -0.144. The molecule has 0 radical (unpaired) electrons. The number of carboxylic acid groups (broad SMARTS) is 1. The third kappa shape index (κ3) is 16.0. The molecule has 0 bridgehead atoms. The lowest BCUT2D eigenvalue weighted by atomic mass is 9.94. The molecule has 1 amide bonds. The smallest absolute Gasteiger partial charge is 0.306 e. The summed E-state index contributed by atoms with van der Waals surface area (Å²) in [6.07, 6.45) is 19.6. The minimum absolute atomic E-state index is 0.0119. The number of aromatic amines is 2. The van der Waals surface area contributed by atoms with Gasteiger partial charge in [-0.3, -0.25) is 19.2 Å². The van der Waals surface area contributed by atoms with Crippen LogP contribution in [0.3, 0.4) is 0 Å². The Bertz CT molecular complexity index is 1430. The number of carbonyl (C=O) groups excluding carboxylic acids is 3. The minimum atomic E-state index is -1.02. The fraction of sp³-hybridized carbons (Fsp3) is 0.743. The molecule has 0 saturated carbocycles. The molecule has 16 heteroatoms. The predicted molar refractivity (Wildman–Crippen MR) is 190 cm³/mol. The predicted octanol–water partition coefficient (Wildman–Crippen LogP) is 5.66. The first-order valence-electron chi connectivity index (χ1n) is 18.8. The maximum Gasteiger partial charge on any atom is 0.306 e. The Kier molecular flexibility index (Phi) is 19.3. The van der Waals surface area contributed by atoms with Crippen molar-refractivity contribution in [1.29, 1.82) is 0 Å². The minimum Gasteiger partial charge on any atom is -0.481 e. The van der Waals surface area contributed by atoms with Crippen LogP contribution in [0.1, 0.15) is 142 Å². The van der Waals surface area contributed by atoms with Gasteiger partial charge in [0.25, 0.3) is 0 Å². The van der Waals surface area contributed by atoms with Gasteiger partial charge in [0.1, 0.15) is 23.0 Å². The fourth-order valence-electron chi connectivity index (χ4n) is 6.11. The number of rotatable bonds is 30. The average Bonchev–Trinajstić information content (AvgIpc) is 3.90. The average molecular weight is 712 g/mol.